The first-order valence-electron chi connectivity index (χ1n) is 5.37. The topological polar surface area (TPSA) is 26.3 Å². The van der Waals surface area contributed by atoms with Gasteiger partial charge in [0.2, 0.25) is 0 Å². The average Bonchev–Trinajstić information content (AvgIpc) is 2.26. The van der Waals surface area contributed by atoms with E-state index < -0.39 is 17.7 Å². The molecule has 0 spiro atoms. The molecule has 0 aliphatic heterocycles. The van der Waals surface area contributed by atoms with E-state index in [-0.39, 0.29) is 12.2 Å². The molecule has 1 aromatic rings. The molecule has 0 aliphatic rings. The zero-order valence-corrected chi connectivity index (χ0v) is 10.0. The number of ether oxygens (including phenoxy) is 1. The first-order chi connectivity index (χ1) is 8.34. The summed E-state index contributed by atoms with van der Waals surface area (Å²) in [4.78, 5) is 11.1. The third-order valence-corrected chi connectivity index (χ3v) is 2.22. The van der Waals surface area contributed by atoms with Crippen LogP contribution in [0.4, 0.5) is 13.2 Å². The number of alkyl halides is 3. The van der Waals surface area contributed by atoms with Gasteiger partial charge >= 0.3 is 12.1 Å². The predicted molar refractivity (Wildman–Crippen MR) is 61.8 cm³/mol. The summed E-state index contributed by atoms with van der Waals surface area (Å²) in [5.74, 6) is -0.995. The van der Waals surface area contributed by atoms with Crippen LogP contribution in [0.15, 0.2) is 30.3 Å². The fourth-order valence-electron chi connectivity index (χ4n) is 1.36. The molecule has 0 amide bonds. The molecule has 0 aromatic heterocycles. The van der Waals surface area contributed by atoms with Gasteiger partial charge in [-0.3, -0.25) is 0 Å². The van der Waals surface area contributed by atoms with Crippen molar-refractivity contribution < 1.29 is 22.7 Å². The minimum absolute atomic E-state index is 0.0361. The molecule has 0 unspecified atom stereocenters. The zero-order valence-electron chi connectivity index (χ0n) is 10.0. The van der Waals surface area contributed by atoms with Gasteiger partial charge < -0.3 is 4.74 Å². The lowest BCUT2D eigenvalue weighted by atomic mass is 10.0. The summed E-state index contributed by atoms with van der Waals surface area (Å²) in [5, 5.41) is 0. The Hall–Kier alpha value is -1.78. The molecule has 1 rings (SSSR count). The number of hydrogen-bond donors (Lipinski definition) is 0. The number of aryl methyl sites for hydroxylation is 1. The molecule has 18 heavy (non-hydrogen) atoms. The van der Waals surface area contributed by atoms with Crippen LogP contribution in [0.2, 0.25) is 0 Å². The van der Waals surface area contributed by atoms with Gasteiger partial charge in [-0.1, -0.05) is 29.8 Å². The van der Waals surface area contributed by atoms with Crippen LogP contribution in [0.1, 0.15) is 18.1 Å². The number of benzene rings is 1. The van der Waals surface area contributed by atoms with E-state index in [0.717, 1.165) is 5.56 Å². The van der Waals surface area contributed by atoms with Crippen molar-refractivity contribution in [3.8, 4) is 0 Å². The van der Waals surface area contributed by atoms with E-state index in [0.29, 0.717) is 6.08 Å². The standard InChI is InChI=1S/C13H13F3O2/c1-3-18-12(17)8-11(13(14,15)16)10-6-4-9(2)5-7-10/h4-8H,3H2,1-2H3/b11-8+. The fraction of sp³-hybridized carbons (Fsp3) is 0.308. The molecule has 0 aliphatic carbocycles. The van der Waals surface area contributed by atoms with Crippen LogP contribution < -0.4 is 0 Å². The Morgan fingerprint density at radius 2 is 1.83 bits per heavy atom. The minimum Gasteiger partial charge on any atom is -0.463 e. The molecular formula is C13H13F3O2. The van der Waals surface area contributed by atoms with Crippen molar-refractivity contribution in [1.29, 1.82) is 0 Å². The predicted octanol–water partition coefficient (Wildman–Crippen LogP) is 3.50. The number of halogens is 3. The van der Waals surface area contributed by atoms with Crippen molar-refractivity contribution in [2.75, 3.05) is 6.61 Å². The molecule has 2 nitrogen and oxygen atoms in total. The van der Waals surface area contributed by atoms with Crippen molar-refractivity contribution in [1.82, 2.24) is 0 Å². The van der Waals surface area contributed by atoms with E-state index >= 15 is 0 Å². The summed E-state index contributed by atoms with van der Waals surface area (Å²) >= 11 is 0. The highest BCUT2D eigenvalue weighted by molar-refractivity contribution is 5.92. The van der Waals surface area contributed by atoms with E-state index in [4.69, 9.17) is 0 Å². The van der Waals surface area contributed by atoms with Crippen LogP contribution in [-0.4, -0.2) is 18.8 Å². The Bertz CT molecular complexity index is 444. The molecule has 0 fully saturated rings. The van der Waals surface area contributed by atoms with Gasteiger partial charge in [-0.2, -0.15) is 13.2 Å². The Balaban J connectivity index is 3.14. The molecule has 0 atom stereocenters. The molecule has 1 aromatic carbocycles. The lowest BCUT2D eigenvalue weighted by Gasteiger charge is -2.12. The summed E-state index contributed by atoms with van der Waals surface area (Å²) in [5.41, 5.74) is -0.210. The third kappa shape index (κ3) is 3.91. The Morgan fingerprint density at radius 3 is 2.28 bits per heavy atom. The summed E-state index contributed by atoms with van der Waals surface area (Å²) in [6.07, 6.45) is -4.11. The van der Waals surface area contributed by atoms with Gasteiger partial charge in [0.1, 0.15) is 0 Å². The van der Waals surface area contributed by atoms with Crippen LogP contribution in [0.5, 0.6) is 0 Å². The maximum absolute atomic E-state index is 12.8. The van der Waals surface area contributed by atoms with Crippen molar-refractivity contribution >= 4 is 11.5 Å². The van der Waals surface area contributed by atoms with Gasteiger partial charge in [0.05, 0.1) is 12.2 Å². The monoisotopic (exact) mass is 258 g/mol. The Labute approximate surface area is 103 Å². The van der Waals surface area contributed by atoms with Crippen molar-refractivity contribution in [2.24, 2.45) is 0 Å². The Kier molecular flexibility index (Phi) is 4.53. The molecule has 0 radical (unpaired) electrons. The van der Waals surface area contributed by atoms with Gasteiger partial charge in [-0.05, 0) is 19.4 Å². The number of rotatable bonds is 3. The molecular weight excluding hydrogens is 245 g/mol. The van der Waals surface area contributed by atoms with Crippen molar-refractivity contribution in [3.05, 3.63) is 41.5 Å². The van der Waals surface area contributed by atoms with Gasteiger partial charge in [0.15, 0.2) is 0 Å². The van der Waals surface area contributed by atoms with Crippen LogP contribution in [0.3, 0.4) is 0 Å². The molecule has 0 saturated heterocycles. The van der Waals surface area contributed by atoms with Gasteiger partial charge in [-0.15, -0.1) is 0 Å². The average molecular weight is 258 g/mol. The van der Waals surface area contributed by atoms with Crippen molar-refractivity contribution in [2.45, 2.75) is 20.0 Å². The smallest absolute Gasteiger partial charge is 0.417 e. The summed E-state index contributed by atoms with van der Waals surface area (Å²) in [6.45, 7) is 3.34. The Morgan fingerprint density at radius 1 is 1.28 bits per heavy atom. The first-order valence-corrected chi connectivity index (χ1v) is 5.37. The van der Waals surface area contributed by atoms with E-state index in [2.05, 4.69) is 4.74 Å². The molecule has 0 saturated carbocycles. The van der Waals surface area contributed by atoms with E-state index in [1.54, 1.807) is 19.1 Å². The number of carbonyl (C=O) groups excluding carboxylic acids is 1. The lowest BCUT2D eigenvalue weighted by Crippen LogP contribution is -2.13. The highest BCUT2D eigenvalue weighted by Gasteiger charge is 2.35. The summed E-state index contributed by atoms with van der Waals surface area (Å²) in [7, 11) is 0. The third-order valence-electron chi connectivity index (χ3n) is 2.22. The number of hydrogen-bond acceptors (Lipinski definition) is 2. The molecule has 98 valence electrons. The second-order valence-electron chi connectivity index (χ2n) is 3.67. The second kappa shape index (κ2) is 5.71. The van der Waals surface area contributed by atoms with Gasteiger partial charge in [0, 0.05) is 6.08 Å². The highest BCUT2D eigenvalue weighted by atomic mass is 19.4. The van der Waals surface area contributed by atoms with E-state index in [1.165, 1.54) is 19.1 Å². The van der Waals surface area contributed by atoms with Crippen LogP contribution in [0.25, 0.3) is 5.57 Å². The normalized spacial score (nSPS) is 12.4. The lowest BCUT2D eigenvalue weighted by molar-refractivity contribution is -0.137. The largest absolute Gasteiger partial charge is 0.463 e. The van der Waals surface area contributed by atoms with Crippen LogP contribution >= 0.6 is 0 Å². The number of allylic oxidation sites excluding steroid dienone is 1. The van der Waals surface area contributed by atoms with Crippen LogP contribution in [0, 0.1) is 6.92 Å². The quantitative estimate of drug-likeness (QED) is 0.612. The van der Waals surface area contributed by atoms with E-state index in [9.17, 15) is 18.0 Å². The maximum atomic E-state index is 12.8. The van der Waals surface area contributed by atoms with Gasteiger partial charge in [-0.25, -0.2) is 4.79 Å². The van der Waals surface area contributed by atoms with Crippen molar-refractivity contribution in [3.63, 3.8) is 0 Å². The summed E-state index contributed by atoms with van der Waals surface area (Å²) < 4.78 is 43.0. The van der Waals surface area contributed by atoms with Gasteiger partial charge in [0.25, 0.3) is 0 Å². The maximum Gasteiger partial charge on any atom is 0.417 e. The second-order valence-corrected chi connectivity index (χ2v) is 3.67. The van der Waals surface area contributed by atoms with E-state index in [1.807, 2.05) is 0 Å². The molecule has 0 N–H and O–H groups in total. The SMILES string of the molecule is CCOC(=O)/C=C(\c1ccc(C)cc1)C(F)(F)F. The number of carbonyl (C=O) groups is 1. The molecule has 5 heteroatoms. The fourth-order valence-corrected chi connectivity index (χ4v) is 1.36. The molecule has 0 bridgehead atoms. The minimum atomic E-state index is -4.60. The summed E-state index contributed by atoms with van der Waals surface area (Å²) in [6, 6.07) is 5.77. The first kappa shape index (κ1) is 14.3. The number of esters is 1. The highest BCUT2D eigenvalue weighted by Crippen LogP contribution is 2.33. The zero-order chi connectivity index (χ0) is 13.8. The van der Waals surface area contributed by atoms with Crippen LogP contribution in [-0.2, 0) is 9.53 Å². The molecule has 0 heterocycles.